The lowest BCUT2D eigenvalue weighted by Gasteiger charge is -2.37. The molecule has 2 amide bonds. The standard InChI is InChI=1S/C23H29FN2O4/c1-23(2,3)26(22(28)17-8-10-18(24)11-9-17)16-21(27)25(14-19-6-4-12-29-19)15-20-7-5-13-30-20/h4,6,8-12,20H,5,7,13-16H2,1-3H3/t20-/m1/s1. The second kappa shape index (κ2) is 9.43. The van der Waals surface area contributed by atoms with Crippen molar-refractivity contribution in [3.05, 3.63) is 59.8 Å². The molecule has 2 aromatic rings. The van der Waals surface area contributed by atoms with Crippen LogP contribution in [0, 0.1) is 5.82 Å². The quantitative estimate of drug-likeness (QED) is 0.688. The number of halogens is 1. The summed E-state index contributed by atoms with van der Waals surface area (Å²) in [6, 6.07) is 8.97. The van der Waals surface area contributed by atoms with Crippen molar-refractivity contribution >= 4 is 11.8 Å². The maximum absolute atomic E-state index is 13.3. The van der Waals surface area contributed by atoms with Crippen molar-refractivity contribution in [3.8, 4) is 0 Å². The SMILES string of the molecule is CC(C)(C)N(CC(=O)N(Cc1ccco1)C[C@H]1CCCO1)C(=O)c1ccc(F)cc1. The van der Waals surface area contributed by atoms with Gasteiger partial charge in [-0.05, 0) is 70.0 Å². The van der Waals surface area contributed by atoms with Crippen molar-refractivity contribution in [2.45, 2.75) is 51.8 Å². The predicted octanol–water partition coefficient (Wildman–Crippen LogP) is 3.87. The molecule has 0 N–H and O–H groups in total. The van der Waals surface area contributed by atoms with Crippen LogP contribution in [0.25, 0.3) is 0 Å². The van der Waals surface area contributed by atoms with Crippen LogP contribution in [0.1, 0.15) is 49.7 Å². The molecule has 2 heterocycles. The Morgan fingerprint density at radius 2 is 1.90 bits per heavy atom. The molecule has 0 bridgehead atoms. The first-order valence-electron chi connectivity index (χ1n) is 10.2. The maximum Gasteiger partial charge on any atom is 0.254 e. The number of nitrogens with zero attached hydrogens (tertiary/aromatic N) is 2. The third kappa shape index (κ3) is 5.69. The van der Waals surface area contributed by atoms with Crippen molar-refractivity contribution in [1.29, 1.82) is 0 Å². The van der Waals surface area contributed by atoms with Crippen molar-refractivity contribution < 1.29 is 23.1 Å². The minimum Gasteiger partial charge on any atom is -0.467 e. The highest BCUT2D eigenvalue weighted by molar-refractivity contribution is 5.97. The fraction of sp³-hybridized carbons (Fsp3) is 0.478. The molecule has 0 unspecified atom stereocenters. The molecule has 30 heavy (non-hydrogen) atoms. The Balaban J connectivity index is 1.78. The number of ether oxygens (including phenoxy) is 1. The molecule has 1 aromatic carbocycles. The maximum atomic E-state index is 13.3. The van der Waals surface area contributed by atoms with E-state index in [0.717, 1.165) is 12.8 Å². The first-order valence-corrected chi connectivity index (χ1v) is 10.2. The Hall–Kier alpha value is -2.67. The van der Waals surface area contributed by atoms with Crippen LogP contribution < -0.4 is 0 Å². The minimum absolute atomic E-state index is 0.0141. The number of hydrogen-bond donors (Lipinski definition) is 0. The molecule has 6 nitrogen and oxygen atoms in total. The number of benzene rings is 1. The third-order valence-electron chi connectivity index (χ3n) is 5.17. The third-order valence-corrected chi connectivity index (χ3v) is 5.17. The van der Waals surface area contributed by atoms with Gasteiger partial charge in [-0.2, -0.15) is 0 Å². The molecule has 0 spiro atoms. The molecule has 1 saturated heterocycles. The highest BCUT2D eigenvalue weighted by atomic mass is 19.1. The van der Waals surface area contributed by atoms with Gasteiger partial charge in [0, 0.05) is 24.3 Å². The van der Waals surface area contributed by atoms with E-state index in [1.807, 2.05) is 26.8 Å². The number of carbonyl (C=O) groups is 2. The van der Waals surface area contributed by atoms with Crippen LogP contribution in [-0.2, 0) is 16.1 Å². The average molecular weight is 416 g/mol. The van der Waals surface area contributed by atoms with Crippen LogP contribution in [0.4, 0.5) is 4.39 Å². The summed E-state index contributed by atoms with van der Waals surface area (Å²) in [7, 11) is 0. The van der Waals surface area contributed by atoms with Gasteiger partial charge < -0.3 is 19.0 Å². The van der Waals surface area contributed by atoms with Gasteiger partial charge in [0.15, 0.2) is 0 Å². The van der Waals surface area contributed by atoms with E-state index in [4.69, 9.17) is 9.15 Å². The van der Waals surface area contributed by atoms with Gasteiger partial charge in [0.2, 0.25) is 5.91 Å². The fourth-order valence-corrected chi connectivity index (χ4v) is 3.48. The summed E-state index contributed by atoms with van der Waals surface area (Å²) >= 11 is 0. The molecular weight excluding hydrogens is 387 g/mol. The van der Waals surface area contributed by atoms with Crippen LogP contribution in [0.2, 0.25) is 0 Å². The summed E-state index contributed by atoms with van der Waals surface area (Å²) in [6.07, 6.45) is 3.44. The molecule has 1 aliphatic heterocycles. The van der Waals surface area contributed by atoms with Gasteiger partial charge in [0.05, 0.1) is 18.9 Å². The Kier molecular flexibility index (Phi) is 6.92. The predicted molar refractivity (Wildman–Crippen MR) is 110 cm³/mol. The van der Waals surface area contributed by atoms with Crippen LogP contribution in [-0.4, -0.2) is 53.0 Å². The summed E-state index contributed by atoms with van der Waals surface area (Å²) in [6.45, 7) is 6.99. The monoisotopic (exact) mass is 416 g/mol. The van der Waals surface area contributed by atoms with Gasteiger partial charge >= 0.3 is 0 Å². The number of carbonyl (C=O) groups excluding carboxylic acids is 2. The molecule has 1 atom stereocenters. The summed E-state index contributed by atoms with van der Waals surface area (Å²) in [5.74, 6) is -0.238. The highest BCUT2D eigenvalue weighted by Crippen LogP contribution is 2.20. The number of furan rings is 1. The highest BCUT2D eigenvalue weighted by Gasteiger charge is 2.32. The van der Waals surface area contributed by atoms with Crippen molar-refractivity contribution in [2.24, 2.45) is 0 Å². The first-order chi connectivity index (χ1) is 14.2. The van der Waals surface area contributed by atoms with Crippen molar-refractivity contribution in [3.63, 3.8) is 0 Å². The van der Waals surface area contributed by atoms with Crippen LogP contribution in [0.3, 0.4) is 0 Å². The van der Waals surface area contributed by atoms with E-state index < -0.39 is 11.4 Å². The van der Waals surface area contributed by atoms with Gasteiger partial charge in [0.1, 0.15) is 18.1 Å². The zero-order chi connectivity index (χ0) is 21.7. The van der Waals surface area contributed by atoms with E-state index in [-0.39, 0.29) is 24.5 Å². The lowest BCUT2D eigenvalue weighted by Crippen LogP contribution is -2.51. The summed E-state index contributed by atoms with van der Waals surface area (Å²) in [5.41, 5.74) is -0.253. The minimum atomic E-state index is -0.596. The Labute approximate surface area is 176 Å². The Bertz CT molecular complexity index is 837. The average Bonchev–Trinajstić information content (AvgIpc) is 3.39. The second-order valence-electron chi connectivity index (χ2n) is 8.56. The molecule has 162 valence electrons. The van der Waals surface area contributed by atoms with E-state index in [0.29, 0.717) is 31.0 Å². The Morgan fingerprint density at radius 1 is 1.17 bits per heavy atom. The molecule has 0 radical (unpaired) electrons. The molecule has 0 aliphatic carbocycles. The number of rotatable bonds is 7. The topological polar surface area (TPSA) is 63.0 Å². The van der Waals surface area contributed by atoms with Crippen LogP contribution in [0.5, 0.6) is 0 Å². The molecule has 3 rings (SSSR count). The number of hydrogen-bond acceptors (Lipinski definition) is 4. The molecule has 1 fully saturated rings. The van der Waals surface area contributed by atoms with Gasteiger partial charge in [-0.25, -0.2) is 4.39 Å². The molecule has 1 aromatic heterocycles. The summed E-state index contributed by atoms with van der Waals surface area (Å²) < 4.78 is 24.4. The van der Waals surface area contributed by atoms with Gasteiger partial charge in [-0.1, -0.05) is 0 Å². The lowest BCUT2D eigenvalue weighted by molar-refractivity contribution is -0.135. The fourth-order valence-electron chi connectivity index (χ4n) is 3.48. The molecule has 0 saturated carbocycles. The van der Waals surface area contributed by atoms with Gasteiger partial charge in [-0.3, -0.25) is 9.59 Å². The van der Waals surface area contributed by atoms with E-state index in [1.165, 1.54) is 29.2 Å². The van der Waals surface area contributed by atoms with E-state index in [1.54, 1.807) is 17.2 Å². The molecule has 7 heteroatoms. The number of amides is 2. The first kappa shape index (κ1) is 22.0. The summed E-state index contributed by atoms with van der Waals surface area (Å²) in [4.78, 5) is 29.6. The zero-order valence-electron chi connectivity index (χ0n) is 17.8. The van der Waals surface area contributed by atoms with E-state index in [2.05, 4.69) is 0 Å². The molecular formula is C23H29FN2O4. The second-order valence-corrected chi connectivity index (χ2v) is 8.56. The normalized spacial score (nSPS) is 16.5. The van der Waals surface area contributed by atoms with Crippen LogP contribution in [0.15, 0.2) is 47.1 Å². The zero-order valence-corrected chi connectivity index (χ0v) is 17.8. The van der Waals surface area contributed by atoms with Gasteiger partial charge in [0.25, 0.3) is 5.91 Å². The summed E-state index contributed by atoms with van der Waals surface area (Å²) in [5, 5.41) is 0. The van der Waals surface area contributed by atoms with E-state index in [9.17, 15) is 14.0 Å². The van der Waals surface area contributed by atoms with E-state index >= 15 is 0 Å². The van der Waals surface area contributed by atoms with Crippen molar-refractivity contribution in [2.75, 3.05) is 19.7 Å². The largest absolute Gasteiger partial charge is 0.467 e. The van der Waals surface area contributed by atoms with Crippen LogP contribution >= 0.6 is 0 Å². The van der Waals surface area contributed by atoms with Crippen molar-refractivity contribution in [1.82, 2.24) is 9.80 Å². The lowest BCUT2D eigenvalue weighted by atomic mass is 10.0. The van der Waals surface area contributed by atoms with Gasteiger partial charge in [-0.15, -0.1) is 0 Å². The Morgan fingerprint density at radius 3 is 2.47 bits per heavy atom. The smallest absolute Gasteiger partial charge is 0.254 e. The molecule has 1 aliphatic rings.